The smallest absolute Gasteiger partial charge is 0.305 e. The first-order chi connectivity index (χ1) is 41.0. The van der Waals surface area contributed by atoms with E-state index in [0.29, 0.717) is 28.7 Å². The number of rotatable bonds is 37. The van der Waals surface area contributed by atoms with E-state index < -0.39 is 65.1 Å². The summed E-state index contributed by atoms with van der Waals surface area (Å²) in [5.41, 5.74) is 35.0. The van der Waals surface area contributed by atoms with Crippen LogP contribution in [-0.2, 0) is 49.7 Å². The van der Waals surface area contributed by atoms with Crippen LogP contribution in [0.15, 0.2) is 87.8 Å². The van der Waals surface area contributed by atoms with Gasteiger partial charge in [0.1, 0.15) is 28.8 Å². The number of carbonyl (C=O) groups excluding carboxylic acids is 8. The first-order valence-electron chi connectivity index (χ1n) is 27.3. The molecule has 0 bridgehead atoms. The first kappa shape index (κ1) is 68.4. The number of nitrogens with two attached hydrogens (primary N) is 6. The Labute approximate surface area is 497 Å². The minimum atomic E-state index is -1.18. The summed E-state index contributed by atoms with van der Waals surface area (Å²) >= 11 is 0. The third-order valence-corrected chi connectivity index (χ3v) is 13.2. The predicted molar refractivity (Wildman–Crippen MR) is 321 cm³/mol. The van der Waals surface area contributed by atoms with Crippen molar-refractivity contribution in [2.24, 2.45) is 49.4 Å². The molecular weight excluding hydrogens is 1110 g/mol. The molecular formula is C59H77N13O14. The Morgan fingerprint density at radius 2 is 0.721 bits per heavy atom. The van der Waals surface area contributed by atoms with Crippen LogP contribution in [0, 0.1) is 0 Å². The maximum atomic E-state index is 14.4. The van der Waals surface area contributed by atoms with Gasteiger partial charge in [-0.25, -0.2) is 0 Å². The number of Topliss-reactive ketones (excluding diaryl/α,β-unsaturated/α-hetero) is 4. The highest BCUT2D eigenvalue weighted by Crippen LogP contribution is 2.26. The van der Waals surface area contributed by atoms with Crippen LogP contribution in [0.25, 0.3) is 0 Å². The molecule has 4 rings (SSSR count). The molecule has 0 saturated heterocycles. The van der Waals surface area contributed by atoms with Crippen molar-refractivity contribution in [1.29, 1.82) is 0 Å². The monoisotopic (exact) mass is 1190 g/mol. The second-order valence-corrected chi connectivity index (χ2v) is 19.8. The van der Waals surface area contributed by atoms with Gasteiger partial charge in [-0.3, -0.25) is 58.1 Å². The number of methoxy groups -OCH3 is 4. The van der Waals surface area contributed by atoms with Crippen molar-refractivity contribution in [1.82, 2.24) is 21.3 Å². The number of carboxylic acids is 1. The molecule has 27 nitrogen and oxygen atoms in total. The lowest BCUT2D eigenvalue weighted by Gasteiger charge is -2.21. The van der Waals surface area contributed by atoms with Gasteiger partial charge in [-0.1, -0.05) is 24.3 Å². The maximum Gasteiger partial charge on any atom is 0.305 e. The number of hydrogen-bond acceptors (Lipinski definition) is 16. The van der Waals surface area contributed by atoms with Gasteiger partial charge in [0, 0.05) is 51.9 Å². The zero-order valence-electron chi connectivity index (χ0n) is 48.8. The molecule has 462 valence electrons. The highest BCUT2D eigenvalue weighted by Gasteiger charge is 2.29. The largest absolute Gasteiger partial charge is 0.496 e. The van der Waals surface area contributed by atoms with E-state index >= 15 is 0 Å². The van der Waals surface area contributed by atoms with Crippen molar-refractivity contribution in [3.63, 3.8) is 0 Å². The quantitative estimate of drug-likeness (QED) is 0.0170. The van der Waals surface area contributed by atoms with E-state index in [2.05, 4.69) is 36.2 Å². The first-order valence-corrected chi connectivity index (χ1v) is 27.3. The molecule has 4 aromatic rings. The lowest BCUT2D eigenvalue weighted by molar-refractivity contribution is -0.137. The van der Waals surface area contributed by atoms with E-state index in [-0.39, 0.29) is 159 Å². The number of aliphatic carboxylic acids is 1. The molecule has 4 amide bonds. The molecule has 0 saturated carbocycles. The lowest BCUT2D eigenvalue weighted by Crippen LogP contribution is -2.42. The molecule has 27 heteroatoms. The molecule has 86 heavy (non-hydrogen) atoms. The van der Waals surface area contributed by atoms with Gasteiger partial charge in [-0.15, -0.1) is 0 Å². The van der Waals surface area contributed by atoms with Gasteiger partial charge in [0.05, 0.1) is 75.2 Å². The number of ketones is 4. The van der Waals surface area contributed by atoms with E-state index in [4.69, 9.17) is 58.5 Å². The average Bonchev–Trinajstić information content (AvgIpc) is 2.63. The number of guanidine groups is 3. The zero-order valence-corrected chi connectivity index (χ0v) is 48.8. The van der Waals surface area contributed by atoms with Gasteiger partial charge < -0.3 is 79.7 Å². The van der Waals surface area contributed by atoms with Crippen molar-refractivity contribution in [3.8, 4) is 23.0 Å². The molecule has 3 atom stereocenters. The number of ether oxygens (including phenoxy) is 4. The van der Waals surface area contributed by atoms with Gasteiger partial charge in [0.2, 0.25) is 0 Å². The van der Waals surface area contributed by atoms with Crippen LogP contribution >= 0.6 is 0 Å². The SMILES string of the molecule is COc1ccc(CC(=O)[C@@H](CCCN=C(N)N)NC(=O)c2cc(CC(=O)[C@@H](CCCN=C(N)N)NC(=O)c3cc(CC(=O)[C@@H](CCCN=C(N)N)NC(=O)c4cc(CC(C)=O)ccc4OC)ccc3OC)ccc2OC)cc1C(=O)NCCC(=O)O. The standard InChI is InChI=1S/C59H77N13O14/c1-33(73)25-34-12-16-49(84-3)39(26-34)54(80)70-43(10-7-22-68-58(62)63)46(75)31-36-14-18-51(86-5)41(28-36)56(82)72-44(11-8-23-69-59(64)65)47(76)32-37-15-19-50(85-4)40(29-37)55(81)71-42(9-6-21-67-57(60)61)45(74)30-35-13-17-48(83-2)38(27-35)53(79)66-24-20-52(77)78/h12-19,26-29,42-44H,6-11,20-25,30-32H2,1-5H3,(H,66,79)(H,70,80)(H,71,81)(H,72,82)(H,77,78)(H4,60,61,67)(H4,62,63,68)(H4,64,65,69)/t42-,43-,44-/m1/s1. The fourth-order valence-corrected chi connectivity index (χ4v) is 8.97. The molecule has 0 aliphatic heterocycles. The van der Waals surface area contributed by atoms with Crippen LogP contribution in [0.1, 0.15) is 116 Å². The number of nitrogens with zero attached hydrogens (tertiary/aromatic N) is 3. The second-order valence-electron chi connectivity index (χ2n) is 19.8. The normalized spacial score (nSPS) is 11.7. The van der Waals surface area contributed by atoms with Crippen LogP contribution in [0.3, 0.4) is 0 Å². The number of benzene rings is 4. The average molecular weight is 1190 g/mol. The number of carboxylic acid groups (broad SMARTS) is 1. The van der Waals surface area contributed by atoms with Crippen molar-refractivity contribution >= 4 is 70.6 Å². The molecule has 0 aromatic heterocycles. The Balaban J connectivity index is 1.62. The summed E-state index contributed by atoms with van der Waals surface area (Å²) < 4.78 is 21.9. The Bertz CT molecular complexity index is 3190. The van der Waals surface area contributed by atoms with Gasteiger partial charge in [-0.2, -0.15) is 0 Å². The summed E-state index contributed by atoms with van der Waals surface area (Å²) in [5, 5.41) is 19.9. The number of aliphatic imine (C=N–C) groups is 3. The van der Waals surface area contributed by atoms with Gasteiger partial charge in [-0.05, 0) is 116 Å². The molecule has 0 radical (unpaired) electrons. The second kappa shape index (κ2) is 34.5. The Hall–Kier alpha value is -10.1. The maximum absolute atomic E-state index is 14.4. The molecule has 0 unspecified atom stereocenters. The van der Waals surface area contributed by atoms with Crippen molar-refractivity contribution in [2.45, 2.75) is 95.7 Å². The number of nitrogens with one attached hydrogen (secondary N) is 4. The fourth-order valence-electron chi connectivity index (χ4n) is 8.97. The molecule has 0 aliphatic carbocycles. The molecule has 4 aromatic carbocycles. The summed E-state index contributed by atoms with van der Waals surface area (Å²) in [4.78, 5) is 133. The van der Waals surface area contributed by atoms with Crippen LogP contribution in [0.5, 0.6) is 23.0 Å². The third-order valence-electron chi connectivity index (χ3n) is 13.2. The highest BCUT2D eigenvalue weighted by molar-refractivity contribution is 6.04. The van der Waals surface area contributed by atoms with E-state index in [9.17, 15) is 43.2 Å². The Morgan fingerprint density at radius 1 is 0.442 bits per heavy atom. The van der Waals surface area contributed by atoms with Gasteiger partial charge in [0.15, 0.2) is 35.2 Å². The zero-order chi connectivity index (χ0) is 63.5. The number of hydrogen-bond donors (Lipinski definition) is 11. The topological polar surface area (TPSA) is 452 Å². The third kappa shape index (κ3) is 22.2. The van der Waals surface area contributed by atoms with Gasteiger partial charge >= 0.3 is 5.97 Å². The summed E-state index contributed by atoms with van der Waals surface area (Å²) in [6.07, 6.45) is -0.102. The van der Waals surface area contributed by atoms with Crippen LogP contribution < -0.4 is 74.6 Å². The summed E-state index contributed by atoms with van der Waals surface area (Å²) in [5.74, 6) is -5.29. The van der Waals surface area contributed by atoms with E-state index in [0.717, 1.165) is 0 Å². The van der Waals surface area contributed by atoms with E-state index in [1.807, 2.05) is 0 Å². The number of amides is 4. The summed E-state index contributed by atoms with van der Waals surface area (Å²) in [6, 6.07) is 14.8. The minimum absolute atomic E-state index is 0.0306. The van der Waals surface area contributed by atoms with Crippen molar-refractivity contribution in [3.05, 3.63) is 117 Å². The lowest BCUT2D eigenvalue weighted by atomic mass is 9.96. The fraction of sp³-hybridized carbons (Fsp3) is 0.390. The Morgan fingerprint density at radius 3 is 0.977 bits per heavy atom. The van der Waals surface area contributed by atoms with E-state index in [1.165, 1.54) is 77.8 Å². The molecule has 0 fully saturated rings. The van der Waals surface area contributed by atoms with Crippen LogP contribution in [-0.4, -0.2) is 148 Å². The van der Waals surface area contributed by atoms with E-state index in [1.54, 1.807) is 30.3 Å². The predicted octanol–water partition coefficient (Wildman–Crippen LogP) is 0.948. The van der Waals surface area contributed by atoms with Crippen LogP contribution in [0.4, 0.5) is 0 Å². The molecule has 0 heterocycles. The highest BCUT2D eigenvalue weighted by atomic mass is 16.5. The summed E-state index contributed by atoms with van der Waals surface area (Å²) in [7, 11) is 5.41. The van der Waals surface area contributed by atoms with Gasteiger partial charge in [0.25, 0.3) is 23.6 Å². The van der Waals surface area contributed by atoms with Crippen molar-refractivity contribution in [2.75, 3.05) is 54.6 Å². The minimum Gasteiger partial charge on any atom is -0.496 e. The molecule has 17 N–H and O–H groups in total. The summed E-state index contributed by atoms with van der Waals surface area (Å²) in [6.45, 7) is 1.64. The Kier molecular flexibility index (Phi) is 27.5. The van der Waals surface area contributed by atoms with Crippen molar-refractivity contribution < 1.29 is 67.2 Å². The van der Waals surface area contributed by atoms with Crippen LogP contribution in [0.2, 0.25) is 0 Å². The number of carbonyl (C=O) groups is 9. The molecule has 0 aliphatic rings. The molecule has 0 spiro atoms.